The van der Waals surface area contributed by atoms with Crippen LogP contribution in [0.1, 0.15) is 31.7 Å². The molecule has 31 heavy (non-hydrogen) atoms. The Kier molecular flexibility index (Phi) is 9.68. The van der Waals surface area contributed by atoms with Gasteiger partial charge in [-0.1, -0.05) is 32.0 Å². The van der Waals surface area contributed by atoms with Crippen LogP contribution in [0.25, 0.3) is 0 Å². The Morgan fingerprint density at radius 1 is 1.32 bits per heavy atom. The molecular formula is C21H32F3IN4O2. The molecule has 176 valence electrons. The molecule has 1 aromatic rings. The zero-order valence-corrected chi connectivity index (χ0v) is 20.4. The lowest BCUT2D eigenvalue weighted by atomic mass is 10.1. The van der Waals surface area contributed by atoms with Crippen LogP contribution in [0.4, 0.5) is 13.2 Å². The van der Waals surface area contributed by atoms with E-state index in [1.807, 2.05) is 0 Å². The van der Waals surface area contributed by atoms with E-state index in [9.17, 15) is 13.2 Å². The summed E-state index contributed by atoms with van der Waals surface area (Å²) in [5.41, 5.74) is 0.558. The Morgan fingerprint density at radius 3 is 2.74 bits per heavy atom. The molecule has 1 aliphatic heterocycles. The third kappa shape index (κ3) is 8.30. The van der Waals surface area contributed by atoms with Crippen LogP contribution >= 0.6 is 24.0 Å². The number of alkyl halides is 3. The molecule has 3 rings (SSSR count). The fourth-order valence-corrected chi connectivity index (χ4v) is 3.87. The molecule has 2 N–H and O–H groups in total. The summed E-state index contributed by atoms with van der Waals surface area (Å²) in [5, 5.41) is 6.58. The third-order valence-electron chi connectivity index (χ3n) is 5.22. The highest BCUT2D eigenvalue weighted by Crippen LogP contribution is 2.45. The molecule has 1 saturated carbocycles. The van der Waals surface area contributed by atoms with Crippen LogP contribution in [0.15, 0.2) is 29.3 Å². The van der Waals surface area contributed by atoms with Gasteiger partial charge in [0.1, 0.15) is 5.75 Å². The minimum absolute atomic E-state index is 0. The minimum atomic E-state index is -4.70. The van der Waals surface area contributed by atoms with E-state index in [2.05, 4.69) is 39.1 Å². The number of morpholine rings is 1. The summed E-state index contributed by atoms with van der Waals surface area (Å²) in [6, 6.07) is 6.32. The van der Waals surface area contributed by atoms with Crippen molar-refractivity contribution >= 4 is 29.9 Å². The lowest BCUT2D eigenvalue weighted by Crippen LogP contribution is -2.50. The first-order valence-electron chi connectivity index (χ1n) is 10.4. The molecule has 2 fully saturated rings. The Balaban J connectivity index is 0.00000341. The predicted octanol–water partition coefficient (Wildman–Crippen LogP) is 3.58. The van der Waals surface area contributed by atoms with E-state index in [1.165, 1.54) is 6.07 Å². The lowest BCUT2D eigenvalue weighted by molar-refractivity contribution is -0.274. The van der Waals surface area contributed by atoms with Crippen LogP contribution < -0.4 is 15.4 Å². The highest BCUT2D eigenvalue weighted by molar-refractivity contribution is 14.0. The van der Waals surface area contributed by atoms with Crippen molar-refractivity contribution < 1.29 is 22.6 Å². The Morgan fingerprint density at radius 2 is 2.06 bits per heavy atom. The second-order valence-corrected chi connectivity index (χ2v) is 8.28. The quantitative estimate of drug-likeness (QED) is 0.306. The van der Waals surface area contributed by atoms with E-state index >= 15 is 0 Å². The lowest BCUT2D eigenvalue weighted by Gasteiger charge is -2.34. The number of aliphatic imine (C=N–C) groups is 1. The SMILES string of the molecule is CN=C(NCC1CN(CC(C)C)CCO1)NC1CC1c1ccccc1OC(F)(F)F.I. The highest BCUT2D eigenvalue weighted by atomic mass is 127. The van der Waals surface area contributed by atoms with Gasteiger partial charge >= 0.3 is 6.36 Å². The van der Waals surface area contributed by atoms with E-state index in [4.69, 9.17) is 4.74 Å². The van der Waals surface area contributed by atoms with E-state index in [-0.39, 0.29) is 47.8 Å². The molecule has 0 spiro atoms. The van der Waals surface area contributed by atoms with Crippen LogP contribution in [-0.4, -0.2) is 69.2 Å². The average Bonchev–Trinajstić information content (AvgIpc) is 3.43. The zero-order valence-electron chi connectivity index (χ0n) is 18.1. The zero-order chi connectivity index (χ0) is 21.7. The molecule has 6 nitrogen and oxygen atoms in total. The van der Waals surface area contributed by atoms with Gasteiger partial charge in [0.25, 0.3) is 0 Å². The standard InChI is InChI=1S/C21H31F3N4O2.HI/c1-14(2)12-28-8-9-29-15(13-28)11-26-20(25-3)27-18-10-17(18)16-6-4-5-7-19(16)30-21(22,23)24;/h4-7,14-15,17-18H,8-13H2,1-3H3,(H2,25,26,27);1H. The van der Waals surface area contributed by atoms with Gasteiger partial charge in [-0.25, -0.2) is 0 Å². The summed E-state index contributed by atoms with van der Waals surface area (Å²) in [6.45, 7) is 8.62. The van der Waals surface area contributed by atoms with Crippen molar-refractivity contribution in [2.24, 2.45) is 10.9 Å². The summed E-state index contributed by atoms with van der Waals surface area (Å²) in [7, 11) is 1.68. The first kappa shape index (κ1) is 26.0. The number of rotatable bonds is 7. The molecule has 1 heterocycles. The van der Waals surface area contributed by atoms with Crippen molar-refractivity contribution in [2.45, 2.75) is 44.7 Å². The van der Waals surface area contributed by atoms with Crippen molar-refractivity contribution in [1.29, 1.82) is 0 Å². The van der Waals surface area contributed by atoms with Gasteiger partial charge in [0.15, 0.2) is 5.96 Å². The largest absolute Gasteiger partial charge is 0.573 e. The summed E-state index contributed by atoms with van der Waals surface area (Å²) >= 11 is 0. The van der Waals surface area contributed by atoms with Crippen molar-refractivity contribution in [3.05, 3.63) is 29.8 Å². The maximum atomic E-state index is 12.7. The van der Waals surface area contributed by atoms with E-state index < -0.39 is 6.36 Å². The number of para-hydroxylation sites is 1. The van der Waals surface area contributed by atoms with Gasteiger partial charge in [-0.05, 0) is 24.0 Å². The van der Waals surface area contributed by atoms with Crippen LogP contribution in [0, 0.1) is 5.92 Å². The summed E-state index contributed by atoms with van der Waals surface area (Å²) in [5.74, 6) is 1.06. The molecule has 2 aliphatic rings. The van der Waals surface area contributed by atoms with E-state index in [0.717, 1.165) is 26.1 Å². The van der Waals surface area contributed by atoms with Crippen molar-refractivity contribution in [3.8, 4) is 5.75 Å². The fourth-order valence-electron chi connectivity index (χ4n) is 3.87. The molecule has 3 unspecified atom stereocenters. The number of hydrogen-bond donors (Lipinski definition) is 2. The molecule has 0 amide bonds. The molecule has 0 radical (unpaired) electrons. The third-order valence-corrected chi connectivity index (χ3v) is 5.22. The second kappa shape index (κ2) is 11.6. The molecule has 0 bridgehead atoms. The fraction of sp³-hybridized carbons (Fsp3) is 0.667. The van der Waals surface area contributed by atoms with E-state index in [1.54, 1.807) is 25.2 Å². The Bertz CT molecular complexity index is 733. The van der Waals surface area contributed by atoms with Gasteiger partial charge in [-0.15, -0.1) is 37.1 Å². The maximum Gasteiger partial charge on any atom is 0.573 e. The van der Waals surface area contributed by atoms with Crippen molar-refractivity contribution in [3.63, 3.8) is 0 Å². The van der Waals surface area contributed by atoms with Crippen LogP contribution in [0.5, 0.6) is 5.75 Å². The van der Waals surface area contributed by atoms with Gasteiger partial charge in [0.2, 0.25) is 0 Å². The monoisotopic (exact) mass is 556 g/mol. The average molecular weight is 556 g/mol. The number of guanidine groups is 1. The Hall–Kier alpha value is -1.27. The summed E-state index contributed by atoms with van der Waals surface area (Å²) < 4.78 is 48.0. The van der Waals surface area contributed by atoms with Crippen molar-refractivity contribution in [1.82, 2.24) is 15.5 Å². The van der Waals surface area contributed by atoms with Crippen LogP contribution in [0.3, 0.4) is 0 Å². The van der Waals surface area contributed by atoms with Gasteiger partial charge < -0.3 is 20.1 Å². The number of benzene rings is 1. The molecular weight excluding hydrogens is 524 g/mol. The van der Waals surface area contributed by atoms with Crippen molar-refractivity contribution in [2.75, 3.05) is 39.8 Å². The highest BCUT2D eigenvalue weighted by Gasteiger charge is 2.42. The topological polar surface area (TPSA) is 58.1 Å². The van der Waals surface area contributed by atoms with E-state index in [0.29, 0.717) is 30.6 Å². The number of nitrogens with one attached hydrogen (secondary N) is 2. The van der Waals surface area contributed by atoms with Crippen LogP contribution in [0.2, 0.25) is 0 Å². The maximum absolute atomic E-state index is 12.7. The summed E-state index contributed by atoms with van der Waals surface area (Å²) in [4.78, 5) is 6.65. The second-order valence-electron chi connectivity index (χ2n) is 8.28. The summed E-state index contributed by atoms with van der Waals surface area (Å²) in [6.07, 6.45) is -3.90. The number of hydrogen-bond acceptors (Lipinski definition) is 4. The number of halogens is 4. The van der Waals surface area contributed by atoms with Crippen LogP contribution in [-0.2, 0) is 4.74 Å². The predicted molar refractivity (Wildman–Crippen MR) is 125 cm³/mol. The molecule has 1 aromatic carbocycles. The van der Waals surface area contributed by atoms with Gasteiger partial charge in [0.05, 0.1) is 12.7 Å². The smallest absolute Gasteiger partial charge is 0.405 e. The molecule has 10 heteroatoms. The first-order chi connectivity index (χ1) is 14.2. The number of ether oxygens (including phenoxy) is 2. The molecule has 0 aromatic heterocycles. The minimum Gasteiger partial charge on any atom is -0.405 e. The first-order valence-corrected chi connectivity index (χ1v) is 10.4. The molecule has 3 atom stereocenters. The molecule has 1 saturated heterocycles. The van der Waals surface area contributed by atoms with Gasteiger partial charge in [-0.3, -0.25) is 9.89 Å². The normalized spacial score (nSPS) is 24.5. The van der Waals surface area contributed by atoms with Gasteiger partial charge in [-0.2, -0.15) is 0 Å². The van der Waals surface area contributed by atoms with Gasteiger partial charge in [0, 0.05) is 45.2 Å². The number of nitrogens with zero attached hydrogens (tertiary/aromatic N) is 2. The Labute approximate surface area is 199 Å². The molecule has 1 aliphatic carbocycles.